The number of furan rings is 1. The van der Waals surface area contributed by atoms with E-state index in [4.69, 9.17) is 4.42 Å². The van der Waals surface area contributed by atoms with Crippen LogP contribution in [0.25, 0.3) is 44.3 Å². The first-order chi connectivity index (χ1) is 20.0. The molecule has 0 atom stereocenters. The predicted octanol–water partition coefficient (Wildman–Crippen LogP) is 9.71. The van der Waals surface area contributed by atoms with E-state index >= 15 is 0 Å². The van der Waals surface area contributed by atoms with Gasteiger partial charge in [0.15, 0.2) is 6.20 Å². The summed E-state index contributed by atoms with van der Waals surface area (Å²) in [5, 5.41) is 2.16. The third kappa shape index (κ3) is 3.94. The second-order valence-electron chi connectivity index (χ2n) is 12.3. The maximum Gasteiger partial charge on any atom is 0.216 e. The zero-order valence-corrected chi connectivity index (χ0v) is 23.7. The number of benzene rings is 3. The van der Waals surface area contributed by atoms with E-state index in [2.05, 4.69) is 93.2 Å². The molecular formula is C37H40NO+. The van der Waals surface area contributed by atoms with Crippen LogP contribution < -0.4 is 4.57 Å². The summed E-state index contributed by atoms with van der Waals surface area (Å²) in [5.41, 5.74) is 9.63. The summed E-state index contributed by atoms with van der Waals surface area (Å²) in [6.45, 7) is 6.64. The van der Waals surface area contributed by atoms with Gasteiger partial charge in [-0.15, -0.1) is 0 Å². The number of hydrogen-bond donors (Lipinski definition) is 0. The normalized spacial score (nSPS) is 20.8. The Balaban J connectivity index is 1.54. The third-order valence-electron chi connectivity index (χ3n) is 9.25. The molecule has 0 N–H and O–H groups in total. The first kappa shape index (κ1) is 21.4. The lowest BCUT2D eigenvalue weighted by Gasteiger charge is -2.38. The van der Waals surface area contributed by atoms with Crippen molar-refractivity contribution < 1.29 is 13.1 Å². The Kier molecular flexibility index (Phi) is 5.15. The lowest BCUT2D eigenvalue weighted by atomic mass is 9.67. The van der Waals surface area contributed by atoms with Crippen LogP contribution in [0.2, 0.25) is 0 Å². The first-order valence-electron chi connectivity index (χ1n) is 16.1. The van der Waals surface area contributed by atoms with Crippen molar-refractivity contribution in [2.24, 2.45) is 7.05 Å². The average molecular weight is 518 g/mol. The highest BCUT2D eigenvalue weighted by Gasteiger charge is 2.34. The van der Waals surface area contributed by atoms with Crippen LogP contribution in [0.3, 0.4) is 0 Å². The fourth-order valence-corrected chi connectivity index (χ4v) is 7.16. The van der Waals surface area contributed by atoms with E-state index in [1.54, 1.807) is 0 Å². The van der Waals surface area contributed by atoms with Gasteiger partial charge in [0.2, 0.25) is 5.69 Å². The Morgan fingerprint density at radius 1 is 0.872 bits per heavy atom. The summed E-state index contributed by atoms with van der Waals surface area (Å²) in [6.07, 6.45) is 6.66. The molecule has 39 heavy (non-hydrogen) atoms. The molecule has 0 saturated heterocycles. The van der Waals surface area contributed by atoms with Crippen molar-refractivity contribution >= 4 is 21.9 Å². The fraction of sp³-hybridized carbons (Fsp3) is 0.378. The van der Waals surface area contributed by atoms with E-state index in [1.165, 1.54) is 0 Å². The molecular weight excluding hydrogens is 474 g/mol. The van der Waals surface area contributed by atoms with E-state index in [0.29, 0.717) is 6.42 Å². The Labute approximate surface area is 236 Å². The number of rotatable bonds is 3. The Bertz CT molecular complexity index is 1860. The van der Waals surface area contributed by atoms with Crippen LogP contribution in [0.1, 0.15) is 91.1 Å². The van der Waals surface area contributed by atoms with E-state index < -0.39 is 12.3 Å². The Morgan fingerprint density at radius 3 is 2.51 bits per heavy atom. The van der Waals surface area contributed by atoms with Crippen LogP contribution in [0.5, 0.6) is 0 Å². The quantitative estimate of drug-likeness (QED) is 0.218. The summed E-state index contributed by atoms with van der Waals surface area (Å²) in [5.74, 6) is -0.732. The minimum atomic E-state index is -1.48. The summed E-state index contributed by atoms with van der Waals surface area (Å²) in [6, 6.07) is 21.2. The number of aryl methyl sites for hydroxylation is 2. The van der Waals surface area contributed by atoms with Gasteiger partial charge < -0.3 is 4.42 Å². The van der Waals surface area contributed by atoms with E-state index in [9.17, 15) is 4.11 Å². The highest BCUT2D eigenvalue weighted by Crippen LogP contribution is 2.49. The van der Waals surface area contributed by atoms with Gasteiger partial charge in [-0.1, -0.05) is 75.6 Å². The summed E-state index contributed by atoms with van der Waals surface area (Å²) < 4.78 is 37.1. The van der Waals surface area contributed by atoms with Crippen LogP contribution >= 0.6 is 0 Å². The molecule has 2 aliphatic rings. The van der Waals surface area contributed by atoms with Crippen molar-refractivity contribution in [1.82, 2.24) is 0 Å². The third-order valence-corrected chi connectivity index (χ3v) is 9.25. The largest absolute Gasteiger partial charge is 0.454 e. The zero-order valence-electron chi connectivity index (χ0n) is 26.7. The van der Waals surface area contributed by atoms with Crippen molar-refractivity contribution in [2.45, 2.75) is 83.4 Å². The molecule has 0 bridgehead atoms. The maximum atomic E-state index is 9.54. The van der Waals surface area contributed by atoms with Gasteiger partial charge in [-0.25, -0.2) is 4.57 Å². The molecule has 5 aromatic rings. The van der Waals surface area contributed by atoms with Gasteiger partial charge in [-0.05, 0) is 84.2 Å². The molecule has 1 fully saturated rings. The van der Waals surface area contributed by atoms with E-state index in [1.807, 2.05) is 6.07 Å². The van der Waals surface area contributed by atoms with Crippen molar-refractivity contribution in [2.75, 3.05) is 0 Å². The number of pyridine rings is 1. The summed E-state index contributed by atoms with van der Waals surface area (Å²) in [7, 11) is 2.07. The van der Waals surface area contributed by atoms with Crippen LogP contribution in [0.15, 0.2) is 71.3 Å². The van der Waals surface area contributed by atoms with Crippen molar-refractivity contribution in [3.8, 4) is 22.4 Å². The monoisotopic (exact) mass is 517 g/mol. The molecule has 1 saturated carbocycles. The number of nitrogens with zero attached hydrogens (tertiary/aromatic N) is 1. The number of aromatic nitrogens is 1. The molecule has 2 aromatic heterocycles. The first-order valence-corrected chi connectivity index (χ1v) is 14.6. The molecule has 0 amide bonds. The van der Waals surface area contributed by atoms with E-state index in [-0.39, 0.29) is 5.41 Å². The molecule has 7 rings (SSSR count). The molecule has 2 aliphatic carbocycles. The van der Waals surface area contributed by atoms with Gasteiger partial charge in [0.05, 0.1) is 5.56 Å². The van der Waals surface area contributed by atoms with Crippen molar-refractivity contribution in [3.05, 3.63) is 89.1 Å². The van der Waals surface area contributed by atoms with Crippen molar-refractivity contribution in [1.29, 1.82) is 0 Å². The second kappa shape index (κ2) is 9.37. The van der Waals surface area contributed by atoms with Gasteiger partial charge in [0, 0.05) is 32.6 Å². The van der Waals surface area contributed by atoms with Crippen LogP contribution in [0, 0.1) is 6.92 Å². The predicted molar refractivity (Wildman–Crippen MR) is 162 cm³/mol. The smallest absolute Gasteiger partial charge is 0.216 e. The summed E-state index contributed by atoms with van der Waals surface area (Å²) in [4.78, 5) is 0. The van der Waals surface area contributed by atoms with Gasteiger partial charge in [0.1, 0.15) is 18.2 Å². The maximum absolute atomic E-state index is 9.54. The Hall–Kier alpha value is -3.39. The van der Waals surface area contributed by atoms with Crippen LogP contribution in [-0.2, 0) is 18.8 Å². The standard InChI is InChI=1S/C37H40NO/c1-24-18-19-31-30-15-10-14-29(35(30)39-36(31)33(24)32-17-8-9-23-38(32)4)28-21-20-26(25-12-6-5-7-13-25)27-16-11-22-37(2,3)34(27)28/h8-10,14-15,17-21,23,25H,5-7,11-13,16,22H2,1-4H3/q+1/i16D2,25D. The topological polar surface area (TPSA) is 17.0 Å². The average Bonchev–Trinajstić information content (AvgIpc) is 3.35. The van der Waals surface area contributed by atoms with Crippen LogP contribution in [0.4, 0.5) is 0 Å². The summed E-state index contributed by atoms with van der Waals surface area (Å²) >= 11 is 0. The van der Waals surface area contributed by atoms with Gasteiger partial charge in [-0.3, -0.25) is 0 Å². The van der Waals surface area contributed by atoms with Crippen LogP contribution in [-0.4, -0.2) is 0 Å². The zero-order chi connectivity index (χ0) is 29.4. The minimum absolute atomic E-state index is 0.231. The number of hydrogen-bond acceptors (Lipinski definition) is 1. The molecule has 0 spiro atoms. The SMILES string of the molecule is [2H]C1([2H])CCC(C)(C)c2c(-c3cccc4c3oc3c(-c5cccc[n+]5C)c(C)ccc34)ccc(C3([2H])CCCCC3)c21. The minimum Gasteiger partial charge on any atom is -0.454 e. The van der Waals surface area contributed by atoms with Gasteiger partial charge in [-0.2, -0.15) is 0 Å². The Morgan fingerprint density at radius 2 is 1.69 bits per heavy atom. The molecule has 2 heterocycles. The molecule has 198 valence electrons. The highest BCUT2D eigenvalue weighted by atomic mass is 16.3. The lowest BCUT2D eigenvalue weighted by molar-refractivity contribution is -0.660. The lowest BCUT2D eigenvalue weighted by Crippen LogP contribution is -2.30. The van der Waals surface area contributed by atoms with Gasteiger partial charge in [0.25, 0.3) is 0 Å². The molecule has 2 heteroatoms. The molecule has 3 aromatic carbocycles. The van der Waals surface area contributed by atoms with Gasteiger partial charge >= 0.3 is 0 Å². The fourth-order valence-electron chi connectivity index (χ4n) is 7.16. The number of para-hydroxylation sites is 1. The molecule has 2 nitrogen and oxygen atoms in total. The number of fused-ring (bicyclic) bond motifs is 4. The van der Waals surface area contributed by atoms with Crippen molar-refractivity contribution in [3.63, 3.8) is 0 Å². The molecule has 0 unspecified atom stereocenters. The molecule has 0 aliphatic heterocycles. The van der Waals surface area contributed by atoms with E-state index in [0.717, 1.165) is 105 Å². The molecule has 0 radical (unpaired) electrons. The highest BCUT2D eigenvalue weighted by molar-refractivity contribution is 6.13. The second-order valence-corrected chi connectivity index (χ2v) is 12.3.